The van der Waals surface area contributed by atoms with E-state index in [0.29, 0.717) is 10.6 Å². The fourth-order valence-electron chi connectivity index (χ4n) is 1.18. The van der Waals surface area contributed by atoms with Crippen molar-refractivity contribution in [3.63, 3.8) is 0 Å². The second-order valence-electron chi connectivity index (χ2n) is 2.56. The van der Waals surface area contributed by atoms with Crippen LogP contribution < -0.4 is 0 Å². The van der Waals surface area contributed by atoms with Gasteiger partial charge in [0.05, 0.1) is 5.02 Å². The van der Waals surface area contributed by atoms with Gasteiger partial charge in [0.2, 0.25) is 0 Å². The summed E-state index contributed by atoms with van der Waals surface area (Å²) in [5.41, 5.74) is 1.55. The van der Waals surface area contributed by atoms with Crippen LogP contribution in [0.2, 0.25) is 5.02 Å². The van der Waals surface area contributed by atoms with Crippen LogP contribution in [-0.2, 0) is 0 Å². The molecule has 0 radical (unpaired) electrons. The third kappa shape index (κ3) is 1.01. The lowest BCUT2D eigenvalue weighted by Gasteiger charge is -1.91. The van der Waals surface area contributed by atoms with E-state index in [9.17, 15) is 4.79 Å². The molecule has 1 heterocycles. The van der Waals surface area contributed by atoms with Gasteiger partial charge in [-0.25, -0.2) is 0 Å². The van der Waals surface area contributed by atoms with E-state index >= 15 is 0 Å². The van der Waals surface area contributed by atoms with Crippen LogP contribution >= 0.6 is 11.6 Å². The zero-order valence-electron chi connectivity index (χ0n) is 6.17. The Bertz CT molecular complexity index is 433. The summed E-state index contributed by atoms with van der Waals surface area (Å²) in [6, 6.07) is 5.35. The summed E-state index contributed by atoms with van der Waals surface area (Å²) in [7, 11) is 0. The van der Waals surface area contributed by atoms with Crippen molar-refractivity contribution >= 4 is 28.8 Å². The van der Waals surface area contributed by atoms with Gasteiger partial charge in [0, 0.05) is 22.7 Å². The van der Waals surface area contributed by atoms with Crippen LogP contribution in [0.1, 0.15) is 10.4 Å². The summed E-state index contributed by atoms with van der Waals surface area (Å²) in [4.78, 5) is 13.4. The predicted octanol–water partition coefficient (Wildman–Crippen LogP) is 2.63. The third-order valence-corrected chi connectivity index (χ3v) is 2.10. The second-order valence-corrected chi connectivity index (χ2v) is 2.97. The highest BCUT2D eigenvalue weighted by Crippen LogP contribution is 2.22. The minimum Gasteiger partial charge on any atom is -0.360 e. The molecule has 2 aromatic rings. The number of H-pyrrole nitrogens is 1. The van der Waals surface area contributed by atoms with Gasteiger partial charge in [-0.05, 0) is 6.07 Å². The van der Waals surface area contributed by atoms with Crippen LogP contribution in [0.3, 0.4) is 0 Å². The van der Waals surface area contributed by atoms with Crippen molar-refractivity contribution in [3.8, 4) is 0 Å². The number of carbonyl (C=O) groups excluding carboxylic acids is 1. The van der Waals surface area contributed by atoms with E-state index in [1.165, 1.54) is 0 Å². The normalized spacial score (nSPS) is 10.4. The van der Waals surface area contributed by atoms with Gasteiger partial charge < -0.3 is 4.98 Å². The third-order valence-electron chi connectivity index (χ3n) is 1.79. The molecular weight excluding hydrogens is 174 g/mol. The van der Waals surface area contributed by atoms with E-state index in [1.807, 2.05) is 6.07 Å². The topological polar surface area (TPSA) is 32.9 Å². The highest BCUT2D eigenvalue weighted by Gasteiger charge is 2.00. The molecule has 0 aliphatic carbocycles. The molecule has 60 valence electrons. The van der Waals surface area contributed by atoms with Crippen LogP contribution in [0.5, 0.6) is 0 Å². The first-order chi connectivity index (χ1) is 5.81. The highest BCUT2D eigenvalue weighted by atomic mass is 35.5. The first kappa shape index (κ1) is 7.37. The number of aromatic nitrogens is 1. The first-order valence-corrected chi connectivity index (χ1v) is 3.91. The van der Waals surface area contributed by atoms with Crippen LogP contribution in [0.15, 0.2) is 24.4 Å². The fraction of sp³-hybridized carbons (Fsp3) is 0. The second kappa shape index (κ2) is 2.64. The summed E-state index contributed by atoms with van der Waals surface area (Å²) in [6.07, 6.45) is 2.52. The van der Waals surface area contributed by atoms with Gasteiger partial charge in [0.25, 0.3) is 0 Å². The molecule has 0 spiro atoms. The molecule has 0 amide bonds. The molecular formula is C9H6ClNO. The van der Waals surface area contributed by atoms with Crippen LogP contribution in [-0.4, -0.2) is 11.3 Å². The maximum absolute atomic E-state index is 10.4. The number of aromatic amines is 1. The van der Waals surface area contributed by atoms with Crippen molar-refractivity contribution in [2.24, 2.45) is 0 Å². The zero-order chi connectivity index (χ0) is 8.55. The van der Waals surface area contributed by atoms with E-state index in [-0.39, 0.29) is 0 Å². The molecule has 0 fully saturated rings. The number of hydrogen-bond donors (Lipinski definition) is 1. The molecule has 12 heavy (non-hydrogen) atoms. The summed E-state index contributed by atoms with van der Waals surface area (Å²) < 4.78 is 0. The molecule has 1 aromatic carbocycles. The van der Waals surface area contributed by atoms with Crippen LogP contribution in [0, 0.1) is 0 Å². The highest BCUT2D eigenvalue weighted by molar-refractivity contribution is 6.35. The van der Waals surface area contributed by atoms with Crippen molar-refractivity contribution in [1.82, 2.24) is 4.98 Å². The summed E-state index contributed by atoms with van der Waals surface area (Å²) in [5, 5.41) is 1.63. The lowest BCUT2D eigenvalue weighted by atomic mass is 10.2. The number of rotatable bonds is 1. The number of hydrogen-bond acceptors (Lipinski definition) is 1. The number of nitrogens with one attached hydrogen (secondary N) is 1. The number of benzene rings is 1. The maximum atomic E-state index is 10.4. The maximum Gasteiger partial charge on any atom is 0.150 e. The summed E-state index contributed by atoms with van der Waals surface area (Å²) in [5.74, 6) is 0. The lowest BCUT2D eigenvalue weighted by molar-refractivity contribution is 0.112. The molecule has 0 bridgehead atoms. The number of aldehydes is 1. The Morgan fingerprint density at radius 3 is 3.00 bits per heavy atom. The molecule has 0 saturated heterocycles. The van der Waals surface area contributed by atoms with Gasteiger partial charge in [-0.1, -0.05) is 23.7 Å². The minimum absolute atomic E-state index is 0.654. The Balaban J connectivity index is 2.77. The van der Waals surface area contributed by atoms with E-state index in [4.69, 9.17) is 11.6 Å². The molecule has 2 nitrogen and oxygen atoms in total. The molecule has 0 aliphatic rings. The lowest BCUT2D eigenvalue weighted by Crippen LogP contribution is -1.77. The van der Waals surface area contributed by atoms with E-state index in [2.05, 4.69) is 4.98 Å². The van der Waals surface area contributed by atoms with E-state index in [0.717, 1.165) is 17.2 Å². The Labute approximate surface area is 74.2 Å². The molecule has 0 aliphatic heterocycles. The van der Waals surface area contributed by atoms with Gasteiger partial charge in [0.15, 0.2) is 0 Å². The molecule has 1 N–H and O–H groups in total. The summed E-state index contributed by atoms with van der Waals surface area (Å²) in [6.45, 7) is 0. The van der Waals surface area contributed by atoms with Gasteiger partial charge >= 0.3 is 0 Å². The Morgan fingerprint density at radius 2 is 2.25 bits per heavy atom. The minimum atomic E-state index is 0.654. The quantitative estimate of drug-likeness (QED) is 0.671. The van der Waals surface area contributed by atoms with E-state index < -0.39 is 0 Å². The predicted molar refractivity (Wildman–Crippen MR) is 48.7 cm³/mol. The standard InChI is InChI=1S/C9H6ClNO/c10-8-4-11-9-3-6(5-12)1-2-7(8)9/h1-5,11H. The van der Waals surface area contributed by atoms with E-state index in [1.54, 1.807) is 18.3 Å². The van der Waals surface area contributed by atoms with Crippen molar-refractivity contribution < 1.29 is 4.79 Å². The van der Waals surface area contributed by atoms with Gasteiger partial charge in [0.1, 0.15) is 6.29 Å². The van der Waals surface area contributed by atoms with Crippen molar-refractivity contribution in [2.75, 3.05) is 0 Å². The van der Waals surface area contributed by atoms with Crippen LogP contribution in [0.25, 0.3) is 10.9 Å². The average molecular weight is 180 g/mol. The number of carbonyl (C=O) groups is 1. The largest absolute Gasteiger partial charge is 0.360 e. The van der Waals surface area contributed by atoms with Crippen molar-refractivity contribution in [1.29, 1.82) is 0 Å². The Morgan fingerprint density at radius 1 is 1.42 bits per heavy atom. The molecule has 0 atom stereocenters. The zero-order valence-corrected chi connectivity index (χ0v) is 6.93. The van der Waals surface area contributed by atoms with Crippen LogP contribution in [0.4, 0.5) is 0 Å². The molecule has 0 unspecified atom stereocenters. The first-order valence-electron chi connectivity index (χ1n) is 3.53. The average Bonchev–Trinajstić information content (AvgIpc) is 2.47. The van der Waals surface area contributed by atoms with Crippen molar-refractivity contribution in [3.05, 3.63) is 35.0 Å². The smallest absolute Gasteiger partial charge is 0.150 e. The number of halogens is 1. The van der Waals surface area contributed by atoms with Gasteiger partial charge in [-0.3, -0.25) is 4.79 Å². The molecule has 0 saturated carbocycles. The molecule has 3 heteroatoms. The summed E-state index contributed by atoms with van der Waals surface area (Å²) >= 11 is 5.85. The number of fused-ring (bicyclic) bond motifs is 1. The molecule has 2 rings (SSSR count). The monoisotopic (exact) mass is 179 g/mol. The molecule has 1 aromatic heterocycles. The Kier molecular flexibility index (Phi) is 1.62. The van der Waals surface area contributed by atoms with Gasteiger partial charge in [-0.15, -0.1) is 0 Å². The SMILES string of the molecule is O=Cc1ccc2c(Cl)c[nH]c2c1. The van der Waals surface area contributed by atoms with Gasteiger partial charge in [-0.2, -0.15) is 0 Å². The van der Waals surface area contributed by atoms with Crippen molar-refractivity contribution in [2.45, 2.75) is 0 Å². The Hall–Kier alpha value is -1.28. The fourth-order valence-corrected chi connectivity index (χ4v) is 1.40.